The van der Waals surface area contributed by atoms with Gasteiger partial charge in [0.2, 0.25) is 0 Å². The fraction of sp³-hybridized carbons (Fsp3) is 0.250. The van der Waals surface area contributed by atoms with Gasteiger partial charge in [0.1, 0.15) is 0 Å². The standard InChI is InChI=1S/C8H11N3O/c1-2-10-11-8(12)7-3-5-9-6-4-7/h3-6,10H,2H2,1H3,(H,11,12). The molecule has 0 aliphatic rings. The second-order valence-electron chi connectivity index (χ2n) is 2.22. The Labute approximate surface area is 71.0 Å². The molecule has 1 aromatic heterocycles. The van der Waals surface area contributed by atoms with Crippen LogP contribution in [0.1, 0.15) is 17.3 Å². The number of nitrogens with one attached hydrogen (secondary N) is 2. The van der Waals surface area contributed by atoms with E-state index in [1.54, 1.807) is 24.5 Å². The third-order valence-corrected chi connectivity index (χ3v) is 1.32. The molecule has 0 spiro atoms. The van der Waals surface area contributed by atoms with Gasteiger partial charge >= 0.3 is 0 Å². The van der Waals surface area contributed by atoms with Crippen LogP contribution in [0.5, 0.6) is 0 Å². The van der Waals surface area contributed by atoms with Crippen LogP contribution in [0.3, 0.4) is 0 Å². The minimum absolute atomic E-state index is 0.140. The molecule has 2 N–H and O–H groups in total. The number of carbonyl (C=O) groups excluding carboxylic acids is 1. The highest BCUT2D eigenvalue weighted by Gasteiger charge is 2.01. The summed E-state index contributed by atoms with van der Waals surface area (Å²) in [5.41, 5.74) is 5.86. The summed E-state index contributed by atoms with van der Waals surface area (Å²) in [6, 6.07) is 3.32. The van der Waals surface area contributed by atoms with E-state index in [1.165, 1.54) is 0 Å². The number of rotatable bonds is 3. The van der Waals surface area contributed by atoms with E-state index in [4.69, 9.17) is 0 Å². The quantitative estimate of drug-likeness (QED) is 0.635. The van der Waals surface area contributed by atoms with Crippen LogP contribution >= 0.6 is 0 Å². The number of amides is 1. The van der Waals surface area contributed by atoms with Crippen LogP contribution in [0.2, 0.25) is 0 Å². The molecule has 1 heterocycles. The van der Waals surface area contributed by atoms with Gasteiger partial charge in [-0.05, 0) is 12.1 Å². The van der Waals surface area contributed by atoms with Crippen LogP contribution < -0.4 is 10.9 Å². The first kappa shape index (κ1) is 8.67. The Balaban J connectivity index is 2.54. The van der Waals surface area contributed by atoms with E-state index in [9.17, 15) is 4.79 Å². The summed E-state index contributed by atoms with van der Waals surface area (Å²) in [4.78, 5) is 15.0. The molecule has 0 fully saturated rings. The van der Waals surface area contributed by atoms with E-state index in [1.807, 2.05) is 6.92 Å². The molecule has 0 aliphatic heterocycles. The van der Waals surface area contributed by atoms with E-state index in [2.05, 4.69) is 15.8 Å². The highest BCUT2D eigenvalue weighted by atomic mass is 16.2. The second-order valence-corrected chi connectivity index (χ2v) is 2.22. The van der Waals surface area contributed by atoms with Crippen LogP contribution in [-0.4, -0.2) is 17.4 Å². The Hall–Kier alpha value is -1.42. The largest absolute Gasteiger partial charge is 0.287 e. The van der Waals surface area contributed by atoms with Crippen molar-refractivity contribution in [3.8, 4) is 0 Å². The van der Waals surface area contributed by atoms with Gasteiger partial charge in [0.25, 0.3) is 5.91 Å². The average molecular weight is 165 g/mol. The third-order valence-electron chi connectivity index (χ3n) is 1.32. The van der Waals surface area contributed by atoms with Gasteiger partial charge in [0, 0.05) is 24.5 Å². The second kappa shape index (κ2) is 4.46. The summed E-state index contributed by atoms with van der Waals surface area (Å²) < 4.78 is 0. The third kappa shape index (κ3) is 2.32. The molecule has 0 saturated heterocycles. The molecule has 0 aromatic carbocycles. The number of hydrogen-bond donors (Lipinski definition) is 2. The molecule has 0 aliphatic carbocycles. The molecule has 4 nitrogen and oxygen atoms in total. The van der Waals surface area contributed by atoms with Gasteiger partial charge in [0.05, 0.1) is 0 Å². The van der Waals surface area contributed by atoms with E-state index >= 15 is 0 Å². The maximum absolute atomic E-state index is 11.2. The van der Waals surface area contributed by atoms with Gasteiger partial charge < -0.3 is 0 Å². The van der Waals surface area contributed by atoms with Gasteiger partial charge in [-0.25, -0.2) is 5.43 Å². The highest BCUT2D eigenvalue weighted by molar-refractivity contribution is 5.93. The van der Waals surface area contributed by atoms with E-state index in [0.29, 0.717) is 12.1 Å². The van der Waals surface area contributed by atoms with Crippen molar-refractivity contribution in [3.63, 3.8) is 0 Å². The monoisotopic (exact) mass is 165 g/mol. The molecule has 0 saturated carbocycles. The maximum atomic E-state index is 11.2. The number of aromatic nitrogens is 1. The lowest BCUT2D eigenvalue weighted by atomic mass is 10.3. The van der Waals surface area contributed by atoms with E-state index < -0.39 is 0 Å². The molecule has 0 bridgehead atoms. The van der Waals surface area contributed by atoms with Crippen molar-refractivity contribution in [2.75, 3.05) is 6.54 Å². The van der Waals surface area contributed by atoms with Crippen LogP contribution in [0, 0.1) is 0 Å². The molecule has 1 aromatic rings. The Morgan fingerprint density at radius 3 is 2.75 bits per heavy atom. The van der Waals surface area contributed by atoms with Crippen molar-refractivity contribution in [1.82, 2.24) is 15.8 Å². The summed E-state index contributed by atoms with van der Waals surface area (Å²) in [5.74, 6) is -0.140. The molecule has 1 rings (SSSR count). The van der Waals surface area contributed by atoms with Crippen LogP contribution in [0.25, 0.3) is 0 Å². The van der Waals surface area contributed by atoms with E-state index in [0.717, 1.165) is 0 Å². The van der Waals surface area contributed by atoms with Crippen LogP contribution in [-0.2, 0) is 0 Å². The topological polar surface area (TPSA) is 54.0 Å². The van der Waals surface area contributed by atoms with Crippen molar-refractivity contribution in [1.29, 1.82) is 0 Å². The zero-order valence-electron chi connectivity index (χ0n) is 6.87. The summed E-state index contributed by atoms with van der Waals surface area (Å²) in [6.07, 6.45) is 3.17. The molecule has 0 atom stereocenters. The molecular weight excluding hydrogens is 154 g/mol. The first-order valence-corrected chi connectivity index (χ1v) is 3.78. The predicted octanol–water partition coefficient (Wildman–Crippen LogP) is 0.336. The first-order chi connectivity index (χ1) is 5.84. The summed E-state index contributed by atoms with van der Waals surface area (Å²) in [5, 5.41) is 0. The Bertz CT molecular complexity index is 248. The van der Waals surface area contributed by atoms with E-state index in [-0.39, 0.29) is 5.91 Å². The minimum Gasteiger partial charge on any atom is -0.287 e. The Kier molecular flexibility index (Phi) is 3.22. The summed E-state index contributed by atoms with van der Waals surface area (Å²) >= 11 is 0. The number of hydrazine groups is 1. The summed E-state index contributed by atoms with van der Waals surface area (Å²) in [7, 11) is 0. The van der Waals surface area contributed by atoms with Crippen LogP contribution in [0.4, 0.5) is 0 Å². The Morgan fingerprint density at radius 2 is 2.17 bits per heavy atom. The number of nitrogens with zero attached hydrogens (tertiary/aromatic N) is 1. The average Bonchev–Trinajstić information content (AvgIpc) is 2.15. The van der Waals surface area contributed by atoms with Crippen molar-refractivity contribution in [3.05, 3.63) is 30.1 Å². The molecular formula is C8H11N3O. The normalized spacial score (nSPS) is 9.42. The van der Waals surface area contributed by atoms with Gasteiger partial charge in [-0.15, -0.1) is 0 Å². The highest BCUT2D eigenvalue weighted by Crippen LogP contribution is 1.93. The zero-order valence-corrected chi connectivity index (χ0v) is 6.87. The Morgan fingerprint density at radius 1 is 1.50 bits per heavy atom. The smallest absolute Gasteiger partial charge is 0.265 e. The van der Waals surface area contributed by atoms with Crippen molar-refractivity contribution < 1.29 is 4.79 Å². The van der Waals surface area contributed by atoms with Crippen molar-refractivity contribution in [2.24, 2.45) is 0 Å². The number of carbonyl (C=O) groups is 1. The molecule has 0 radical (unpaired) electrons. The van der Waals surface area contributed by atoms with Crippen molar-refractivity contribution in [2.45, 2.75) is 6.92 Å². The molecule has 64 valence electrons. The van der Waals surface area contributed by atoms with Gasteiger partial charge in [-0.1, -0.05) is 6.92 Å². The first-order valence-electron chi connectivity index (χ1n) is 3.78. The lowest BCUT2D eigenvalue weighted by Gasteiger charge is -2.03. The minimum atomic E-state index is -0.140. The number of hydrogen-bond acceptors (Lipinski definition) is 3. The van der Waals surface area contributed by atoms with Gasteiger partial charge in [-0.3, -0.25) is 15.2 Å². The molecule has 1 amide bonds. The van der Waals surface area contributed by atoms with Crippen molar-refractivity contribution >= 4 is 5.91 Å². The lowest BCUT2D eigenvalue weighted by molar-refractivity contribution is 0.0934. The molecule has 0 unspecified atom stereocenters. The fourth-order valence-corrected chi connectivity index (χ4v) is 0.744. The summed E-state index contributed by atoms with van der Waals surface area (Å²) in [6.45, 7) is 2.61. The SMILES string of the molecule is CCNNC(=O)c1ccncc1. The fourth-order valence-electron chi connectivity index (χ4n) is 0.744. The predicted molar refractivity (Wildman–Crippen MR) is 45.4 cm³/mol. The molecule has 12 heavy (non-hydrogen) atoms. The van der Waals surface area contributed by atoms with Gasteiger partial charge in [0.15, 0.2) is 0 Å². The van der Waals surface area contributed by atoms with Crippen LogP contribution in [0.15, 0.2) is 24.5 Å². The zero-order chi connectivity index (χ0) is 8.81. The maximum Gasteiger partial charge on any atom is 0.265 e. The number of pyridine rings is 1. The van der Waals surface area contributed by atoms with Gasteiger partial charge in [-0.2, -0.15) is 0 Å². The molecule has 4 heteroatoms. The lowest BCUT2D eigenvalue weighted by Crippen LogP contribution is -2.36.